The highest BCUT2D eigenvalue weighted by molar-refractivity contribution is 5.29. The average molecular weight is 266 g/mol. The van der Waals surface area contributed by atoms with E-state index < -0.39 is 0 Å². The number of halogens is 1. The van der Waals surface area contributed by atoms with Crippen molar-refractivity contribution < 1.29 is 9.13 Å². The lowest BCUT2D eigenvalue weighted by Gasteiger charge is -2.40. The molecule has 3 nitrogen and oxygen atoms in total. The van der Waals surface area contributed by atoms with E-state index in [0.29, 0.717) is 24.4 Å². The van der Waals surface area contributed by atoms with Gasteiger partial charge in [-0.3, -0.25) is 4.90 Å². The van der Waals surface area contributed by atoms with E-state index in [1.807, 2.05) is 6.07 Å². The zero-order chi connectivity index (χ0) is 13.8. The summed E-state index contributed by atoms with van der Waals surface area (Å²) in [5, 5.41) is 0. The maximum Gasteiger partial charge on any atom is 0.165 e. The first-order valence-corrected chi connectivity index (χ1v) is 6.94. The highest BCUT2D eigenvalue weighted by Gasteiger charge is 2.26. The van der Waals surface area contributed by atoms with Crippen molar-refractivity contribution in [2.45, 2.75) is 44.8 Å². The Morgan fingerprint density at radius 1 is 1.42 bits per heavy atom. The number of ether oxygens (including phenoxy) is 1. The maximum atomic E-state index is 13.7. The lowest BCUT2D eigenvalue weighted by molar-refractivity contribution is 0.0891. The molecule has 1 aliphatic rings. The van der Waals surface area contributed by atoms with Crippen LogP contribution >= 0.6 is 0 Å². The zero-order valence-electron chi connectivity index (χ0n) is 11.7. The molecule has 106 valence electrons. The van der Waals surface area contributed by atoms with Crippen LogP contribution in [-0.2, 0) is 6.54 Å². The Balaban J connectivity index is 2.12. The van der Waals surface area contributed by atoms with Gasteiger partial charge in [0.25, 0.3) is 0 Å². The van der Waals surface area contributed by atoms with Crippen molar-refractivity contribution in [1.29, 1.82) is 0 Å². The van der Waals surface area contributed by atoms with Crippen LogP contribution in [-0.4, -0.2) is 30.6 Å². The van der Waals surface area contributed by atoms with Gasteiger partial charge in [-0.1, -0.05) is 12.5 Å². The predicted molar refractivity (Wildman–Crippen MR) is 74.7 cm³/mol. The highest BCUT2D eigenvalue weighted by atomic mass is 19.1. The minimum atomic E-state index is -0.297. The Bertz CT molecular complexity index is 425. The quantitative estimate of drug-likeness (QED) is 0.910. The topological polar surface area (TPSA) is 38.5 Å². The second-order valence-electron chi connectivity index (χ2n) is 5.31. The summed E-state index contributed by atoms with van der Waals surface area (Å²) in [7, 11) is 1.48. The van der Waals surface area contributed by atoms with Crippen molar-refractivity contribution in [2.75, 3.05) is 13.7 Å². The lowest BCUT2D eigenvalue weighted by Crippen LogP contribution is -2.48. The number of rotatable bonds is 4. The standard InChI is InChI=1S/C15H23FN2O/c1-11-4-3-5-13(9-17)18(11)10-12-6-7-15(19-2)14(16)8-12/h6-8,11,13H,3-5,9-10,17H2,1-2H3. The minimum absolute atomic E-state index is 0.297. The van der Waals surface area contributed by atoms with Crippen molar-refractivity contribution in [2.24, 2.45) is 5.73 Å². The van der Waals surface area contributed by atoms with Crippen LogP contribution in [0.2, 0.25) is 0 Å². The van der Waals surface area contributed by atoms with Gasteiger partial charge in [-0.25, -0.2) is 4.39 Å². The molecule has 0 spiro atoms. The second kappa shape index (κ2) is 6.35. The van der Waals surface area contributed by atoms with Crippen LogP contribution in [0.3, 0.4) is 0 Å². The van der Waals surface area contributed by atoms with Crippen molar-refractivity contribution >= 4 is 0 Å². The molecule has 2 rings (SSSR count). The number of hydrogen-bond acceptors (Lipinski definition) is 3. The smallest absolute Gasteiger partial charge is 0.165 e. The molecule has 0 bridgehead atoms. The van der Waals surface area contributed by atoms with Gasteiger partial charge in [0.05, 0.1) is 7.11 Å². The third-order valence-corrected chi connectivity index (χ3v) is 4.05. The molecule has 1 aromatic rings. The number of nitrogens with two attached hydrogens (primary N) is 1. The van der Waals surface area contributed by atoms with Crippen molar-refractivity contribution in [3.05, 3.63) is 29.6 Å². The summed E-state index contributed by atoms with van der Waals surface area (Å²) >= 11 is 0. The van der Waals surface area contributed by atoms with Gasteiger partial charge in [0.15, 0.2) is 11.6 Å². The van der Waals surface area contributed by atoms with Gasteiger partial charge in [0.1, 0.15) is 0 Å². The van der Waals surface area contributed by atoms with Crippen molar-refractivity contribution in [3.63, 3.8) is 0 Å². The van der Waals surface area contributed by atoms with Gasteiger partial charge in [0, 0.05) is 25.2 Å². The summed E-state index contributed by atoms with van der Waals surface area (Å²) in [5.41, 5.74) is 6.83. The Hall–Kier alpha value is -1.13. The number of piperidine rings is 1. The van der Waals surface area contributed by atoms with Gasteiger partial charge in [0.2, 0.25) is 0 Å². The molecule has 4 heteroatoms. The summed E-state index contributed by atoms with van der Waals surface area (Å²) in [6, 6.07) is 6.10. The average Bonchev–Trinajstić information content (AvgIpc) is 2.41. The molecule has 0 amide bonds. The number of benzene rings is 1. The van der Waals surface area contributed by atoms with E-state index in [1.54, 1.807) is 12.1 Å². The van der Waals surface area contributed by atoms with E-state index in [2.05, 4.69) is 11.8 Å². The Morgan fingerprint density at radius 3 is 2.84 bits per heavy atom. The summed E-state index contributed by atoms with van der Waals surface area (Å²) in [6.45, 7) is 3.65. The first-order valence-electron chi connectivity index (χ1n) is 6.94. The molecule has 0 aliphatic carbocycles. The molecule has 1 saturated heterocycles. The van der Waals surface area contributed by atoms with Crippen LogP contribution in [0.15, 0.2) is 18.2 Å². The molecule has 1 heterocycles. The second-order valence-corrected chi connectivity index (χ2v) is 5.31. The largest absolute Gasteiger partial charge is 0.494 e. The number of hydrogen-bond donors (Lipinski definition) is 1. The molecule has 0 aromatic heterocycles. The highest BCUT2D eigenvalue weighted by Crippen LogP contribution is 2.26. The normalized spacial score (nSPS) is 24.4. The molecule has 2 atom stereocenters. The molecular formula is C15H23FN2O. The van der Waals surface area contributed by atoms with Gasteiger partial charge in [-0.05, 0) is 37.5 Å². The van der Waals surface area contributed by atoms with E-state index in [4.69, 9.17) is 10.5 Å². The lowest BCUT2D eigenvalue weighted by atomic mass is 9.95. The van der Waals surface area contributed by atoms with Crippen LogP contribution in [0.1, 0.15) is 31.7 Å². The Morgan fingerprint density at radius 2 is 2.21 bits per heavy atom. The molecule has 19 heavy (non-hydrogen) atoms. The maximum absolute atomic E-state index is 13.7. The van der Waals surface area contributed by atoms with Crippen LogP contribution in [0.4, 0.5) is 4.39 Å². The third-order valence-electron chi connectivity index (χ3n) is 4.05. The molecule has 1 aliphatic heterocycles. The van der Waals surface area contributed by atoms with Crippen molar-refractivity contribution in [3.8, 4) is 5.75 Å². The SMILES string of the molecule is COc1ccc(CN2C(C)CCCC2CN)cc1F. The fourth-order valence-electron chi connectivity index (χ4n) is 2.90. The van der Waals surface area contributed by atoms with Crippen LogP contribution in [0.5, 0.6) is 5.75 Å². The predicted octanol–water partition coefficient (Wildman–Crippen LogP) is 2.54. The summed E-state index contributed by atoms with van der Waals surface area (Å²) in [4.78, 5) is 2.39. The van der Waals surface area contributed by atoms with Crippen LogP contribution in [0.25, 0.3) is 0 Å². The molecule has 1 aromatic carbocycles. The first kappa shape index (κ1) is 14.3. The van der Waals surface area contributed by atoms with E-state index in [1.165, 1.54) is 20.0 Å². The molecule has 2 unspecified atom stereocenters. The van der Waals surface area contributed by atoms with E-state index in [9.17, 15) is 4.39 Å². The zero-order valence-corrected chi connectivity index (χ0v) is 11.7. The Kier molecular flexibility index (Phi) is 4.77. The third kappa shape index (κ3) is 3.25. The summed E-state index contributed by atoms with van der Waals surface area (Å²) in [6.07, 6.45) is 3.56. The van der Waals surface area contributed by atoms with Crippen molar-refractivity contribution in [1.82, 2.24) is 4.90 Å². The molecule has 0 radical (unpaired) electrons. The molecular weight excluding hydrogens is 243 g/mol. The van der Waals surface area contributed by atoms with Gasteiger partial charge in [-0.2, -0.15) is 0 Å². The summed E-state index contributed by atoms with van der Waals surface area (Å²) < 4.78 is 18.7. The van der Waals surface area contributed by atoms with Crippen LogP contribution in [0, 0.1) is 5.82 Å². The number of nitrogens with zero attached hydrogens (tertiary/aromatic N) is 1. The fourth-order valence-corrected chi connectivity index (χ4v) is 2.90. The van der Waals surface area contributed by atoms with E-state index in [-0.39, 0.29) is 5.82 Å². The fraction of sp³-hybridized carbons (Fsp3) is 0.600. The van der Waals surface area contributed by atoms with Gasteiger partial charge < -0.3 is 10.5 Å². The molecule has 1 fully saturated rings. The van der Waals surface area contributed by atoms with E-state index >= 15 is 0 Å². The first-order chi connectivity index (χ1) is 9.15. The minimum Gasteiger partial charge on any atom is -0.494 e. The monoisotopic (exact) mass is 266 g/mol. The van der Waals surface area contributed by atoms with Gasteiger partial charge >= 0.3 is 0 Å². The van der Waals surface area contributed by atoms with Gasteiger partial charge in [-0.15, -0.1) is 0 Å². The van der Waals surface area contributed by atoms with E-state index in [0.717, 1.165) is 18.5 Å². The number of likely N-dealkylation sites (tertiary alicyclic amines) is 1. The molecule has 0 saturated carbocycles. The number of methoxy groups -OCH3 is 1. The summed E-state index contributed by atoms with van der Waals surface area (Å²) in [5.74, 6) is -0.000205. The Labute approximate surface area is 114 Å². The molecule has 2 N–H and O–H groups in total. The van der Waals surface area contributed by atoms with Crippen LogP contribution < -0.4 is 10.5 Å².